The Morgan fingerprint density at radius 2 is 1.77 bits per heavy atom. The zero-order chi connectivity index (χ0) is 31.7. The monoisotopic (exact) mass is 634 g/mol. The third kappa shape index (κ3) is 7.84. The maximum absolute atomic E-state index is 13.8. The number of sulfonamides is 1. The van der Waals surface area contributed by atoms with Crippen molar-refractivity contribution in [1.29, 1.82) is 0 Å². The maximum atomic E-state index is 13.8. The van der Waals surface area contributed by atoms with E-state index < -0.39 is 33.5 Å². The Morgan fingerprint density at radius 1 is 1.02 bits per heavy atom. The summed E-state index contributed by atoms with van der Waals surface area (Å²) in [5.41, 5.74) is 0.650. The molecule has 3 aromatic rings. The van der Waals surface area contributed by atoms with Gasteiger partial charge in [-0.1, -0.05) is 38.1 Å². The van der Waals surface area contributed by atoms with Gasteiger partial charge in [0.25, 0.3) is 0 Å². The van der Waals surface area contributed by atoms with E-state index in [1.165, 1.54) is 12.1 Å². The van der Waals surface area contributed by atoms with Crippen molar-refractivity contribution in [2.75, 3.05) is 13.4 Å². The minimum absolute atomic E-state index is 0.0293. The van der Waals surface area contributed by atoms with Gasteiger partial charge in [0.1, 0.15) is 18.1 Å². The molecular formula is C32H37F3N2O6S. The maximum Gasteiger partial charge on any atom is 0.416 e. The van der Waals surface area contributed by atoms with Crippen LogP contribution in [0.3, 0.4) is 0 Å². The molecule has 1 unspecified atom stereocenters. The van der Waals surface area contributed by atoms with Crippen LogP contribution in [-0.2, 0) is 40.4 Å². The largest absolute Gasteiger partial charge is 0.489 e. The molecular weight excluding hydrogens is 597 g/mol. The van der Waals surface area contributed by atoms with E-state index in [1.807, 2.05) is 39.8 Å². The van der Waals surface area contributed by atoms with Gasteiger partial charge in [0.15, 0.2) is 11.5 Å². The number of ether oxygens (including phenoxy) is 4. The van der Waals surface area contributed by atoms with Crippen LogP contribution in [0.2, 0.25) is 0 Å². The summed E-state index contributed by atoms with van der Waals surface area (Å²) in [6, 6.07) is 14.3. The molecule has 5 rings (SSSR count). The number of benzene rings is 3. The van der Waals surface area contributed by atoms with E-state index in [4.69, 9.17) is 18.9 Å². The van der Waals surface area contributed by atoms with Gasteiger partial charge < -0.3 is 18.9 Å². The number of nitrogens with one attached hydrogen (secondary N) is 2. The van der Waals surface area contributed by atoms with Crippen LogP contribution in [0.5, 0.6) is 17.2 Å². The average Bonchev–Trinajstić information content (AvgIpc) is 3.58. The van der Waals surface area contributed by atoms with Crippen molar-refractivity contribution in [3.05, 3.63) is 82.9 Å². The number of alkyl halides is 3. The number of rotatable bonds is 11. The average molecular weight is 635 g/mol. The minimum atomic E-state index is -4.43. The van der Waals surface area contributed by atoms with Gasteiger partial charge in [0.05, 0.1) is 17.1 Å². The van der Waals surface area contributed by atoms with Crippen LogP contribution in [0.15, 0.2) is 65.6 Å². The van der Waals surface area contributed by atoms with Gasteiger partial charge in [-0.2, -0.15) is 13.2 Å². The van der Waals surface area contributed by atoms with Crippen LogP contribution in [0.1, 0.15) is 49.9 Å². The molecule has 12 heteroatoms. The molecule has 0 spiro atoms. The Morgan fingerprint density at radius 3 is 2.43 bits per heavy atom. The first kappa shape index (κ1) is 32.1. The Balaban J connectivity index is 1.32. The summed E-state index contributed by atoms with van der Waals surface area (Å²) >= 11 is 0. The zero-order valence-electron chi connectivity index (χ0n) is 25.0. The lowest BCUT2D eigenvalue weighted by atomic mass is 10.0. The Bertz CT molecular complexity index is 1580. The molecule has 1 saturated heterocycles. The highest BCUT2D eigenvalue weighted by Crippen LogP contribution is 2.39. The van der Waals surface area contributed by atoms with Crippen LogP contribution < -0.4 is 24.2 Å². The topological polar surface area (TPSA) is 95.1 Å². The lowest BCUT2D eigenvalue weighted by Crippen LogP contribution is -2.52. The summed E-state index contributed by atoms with van der Waals surface area (Å²) < 4.78 is 92.4. The van der Waals surface area contributed by atoms with Crippen LogP contribution in [0.25, 0.3) is 0 Å². The van der Waals surface area contributed by atoms with E-state index >= 15 is 0 Å². The van der Waals surface area contributed by atoms with Crippen molar-refractivity contribution in [3.8, 4) is 17.2 Å². The molecule has 2 aliphatic heterocycles. The molecule has 1 fully saturated rings. The molecule has 2 atom stereocenters. The first-order chi connectivity index (χ1) is 20.7. The van der Waals surface area contributed by atoms with E-state index in [-0.39, 0.29) is 30.3 Å². The van der Waals surface area contributed by atoms with Gasteiger partial charge in [0, 0.05) is 18.2 Å². The molecule has 44 heavy (non-hydrogen) atoms. The van der Waals surface area contributed by atoms with Crippen molar-refractivity contribution < 1.29 is 40.5 Å². The van der Waals surface area contributed by atoms with E-state index in [9.17, 15) is 21.6 Å². The van der Waals surface area contributed by atoms with E-state index in [0.717, 1.165) is 23.3 Å². The Labute approximate surface area is 255 Å². The number of hydrogen-bond acceptors (Lipinski definition) is 7. The van der Waals surface area contributed by atoms with Gasteiger partial charge in [-0.15, -0.1) is 0 Å². The van der Waals surface area contributed by atoms with Crippen LogP contribution >= 0.6 is 0 Å². The molecule has 0 amide bonds. The lowest BCUT2D eigenvalue weighted by Gasteiger charge is -2.26. The van der Waals surface area contributed by atoms with Gasteiger partial charge in [-0.3, -0.25) is 5.32 Å². The Hall–Kier alpha value is -3.32. The van der Waals surface area contributed by atoms with Crippen molar-refractivity contribution >= 4 is 10.0 Å². The smallest absolute Gasteiger partial charge is 0.416 e. The highest BCUT2D eigenvalue weighted by atomic mass is 32.2. The van der Waals surface area contributed by atoms with Crippen molar-refractivity contribution in [2.24, 2.45) is 5.92 Å². The van der Waals surface area contributed by atoms with Crippen molar-refractivity contribution in [2.45, 2.75) is 76.0 Å². The van der Waals surface area contributed by atoms with Gasteiger partial charge >= 0.3 is 6.18 Å². The predicted octanol–water partition coefficient (Wildman–Crippen LogP) is 5.83. The molecule has 2 heterocycles. The fraction of sp³-hybridized carbons (Fsp3) is 0.438. The minimum Gasteiger partial charge on any atom is -0.489 e. The normalized spacial score (nSPS) is 18.5. The first-order valence-electron chi connectivity index (χ1n) is 14.4. The Kier molecular flexibility index (Phi) is 9.18. The number of fused-ring (bicyclic) bond motifs is 1. The molecule has 2 aliphatic rings. The number of hydrogen-bond donors (Lipinski definition) is 2. The van der Waals surface area contributed by atoms with E-state index in [0.29, 0.717) is 42.3 Å². The summed E-state index contributed by atoms with van der Waals surface area (Å²) in [6.07, 6.45) is -3.45. The third-order valence-electron chi connectivity index (χ3n) is 7.45. The number of halogens is 3. The molecule has 3 aromatic carbocycles. The highest BCUT2D eigenvalue weighted by Gasteiger charge is 2.38. The molecule has 2 N–H and O–H groups in total. The molecule has 0 bridgehead atoms. The van der Waals surface area contributed by atoms with Gasteiger partial charge in [-0.05, 0) is 79.6 Å². The second-order valence-corrected chi connectivity index (χ2v) is 13.8. The standard InChI is InChI=1S/C32H37F3N2O6S/c1-20(2)12-23-15-26(16-29-30(23)42-19-41-29)44(38,39)37-27(28-18-43-31(3,4)36-28)14-21-8-10-25(11-9-21)40-17-22-6-5-7-24(13-22)32(33,34)35/h5-11,13,15-16,20,27-28,36-37H,12,14,17-19H2,1-4H3/t27?,28-/m1/s1. The van der Waals surface area contributed by atoms with E-state index in [1.54, 1.807) is 24.3 Å². The summed E-state index contributed by atoms with van der Waals surface area (Å²) in [4.78, 5) is 0.0962. The van der Waals surface area contributed by atoms with Crippen LogP contribution in [0, 0.1) is 5.92 Å². The predicted molar refractivity (Wildman–Crippen MR) is 158 cm³/mol. The van der Waals surface area contributed by atoms with Crippen molar-refractivity contribution in [1.82, 2.24) is 10.0 Å². The second-order valence-electron chi connectivity index (χ2n) is 12.0. The molecule has 0 aromatic heterocycles. The SMILES string of the molecule is CC(C)Cc1cc(S(=O)(=O)NC(Cc2ccc(OCc3cccc(C(F)(F)F)c3)cc2)[C@H]2COC(C)(C)N2)cc2c1OCO2. The molecule has 0 aliphatic carbocycles. The summed E-state index contributed by atoms with van der Waals surface area (Å²) in [5, 5.41) is 3.37. The summed E-state index contributed by atoms with van der Waals surface area (Å²) in [6.45, 7) is 8.17. The summed E-state index contributed by atoms with van der Waals surface area (Å²) in [5.74, 6) is 1.74. The zero-order valence-corrected chi connectivity index (χ0v) is 25.8. The third-order valence-corrected chi connectivity index (χ3v) is 8.92. The van der Waals surface area contributed by atoms with Crippen LogP contribution in [0.4, 0.5) is 13.2 Å². The first-order valence-corrected chi connectivity index (χ1v) is 15.9. The highest BCUT2D eigenvalue weighted by molar-refractivity contribution is 7.89. The van der Waals surface area contributed by atoms with Gasteiger partial charge in [-0.25, -0.2) is 13.1 Å². The fourth-order valence-corrected chi connectivity index (χ4v) is 6.70. The molecule has 8 nitrogen and oxygen atoms in total. The van der Waals surface area contributed by atoms with Gasteiger partial charge in [0.2, 0.25) is 16.8 Å². The molecule has 0 radical (unpaired) electrons. The quantitative estimate of drug-likeness (QED) is 0.274. The lowest BCUT2D eigenvalue weighted by molar-refractivity contribution is -0.137. The summed E-state index contributed by atoms with van der Waals surface area (Å²) in [7, 11) is -3.98. The second kappa shape index (κ2) is 12.6. The van der Waals surface area contributed by atoms with E-state index in [2.05, 4.69) is 10.0 Å². The fourth-order valence-electron chi connectivity index (χ4n) is 5.36. The van der Waals surface area contributed by atoms with Crippen molar-refractivity contribution in [3.63, 3.8) is 0 Å². The van der Waals surface area contributed by atoms with Crippen LogP contribution in [-0.4, -0.2) is 39.6 Å². The molecule has 0 saturated carbocycles. The molecule has 238 valence electrons.